The van der Waals surface area contributed by atoms with Crippen LogP contribution in [-0.4, -0.2) is 15.7 Å². The standard InChI is InChI=1S/C9H6BrClN2O/c1-2-7(10)9(14)13-8-4-3-6(11)5-12-8/h1,3-5,7H,(H,12,13,14)/t7-/m1/s1. The lowest BCUT2D eigenvalue weighted by Crippen LogP contribution is -2.21. The minimum absolute atomic E-state index is 0.331. The van der Waals surface area contributed by atoms with Gasteiger partial charge in [-0.3, -0.25) is 4.79 Å². The van der Waals surface area contributed by atoms with Gasteiger partial charge in [-0.25, -0.2) is 4.98 Å². The van der Waals surface area contributed by atoms with Gasteiger partial charge in [0.15, 0.2) is 4.83 Å². The van der Waals surface area contributed by atoms with Crippen molar-refractivity contribution in [3.8, 4) is 12.3 Å². The predicted octanol–water partition coefficient (Wildman–Crippen LogP) is 2.07. The molecule has 0 saturated heterocycles. The van der Waals surface area contributed by atoms with Gasteiger partial charge in [-0.2, -0.15) is 0 Å². The Morgan fingerprint density at radius 1 is 1.71 bits per heavy atom. The van der Waals surface area contributed by atoms with Gasteiger partial charge >= 0.3 is 0 Å². The fourth-order valence-electron chi connectivity index (χ4n) is 0.715. The van der Waals surface area contributed by atoms with Crippen molar-refractivity contribution in [2.45, 2.75) is 4.83 Å². The number of nitrogens with zero attached hydrogens (tertiary/aromatic N) is 1. The highest BCUT2D eigenvalue weighted by molar-refractivity contribution is 9.10. The summed E-state index contributed by atoms with van der Waals surface area (Å²) in [4.78, 5) is 14.5. The molecule has 0 spiro atoms. The number of hydrogen-bond acceptors (Lipinski definition) is 2. The van der Waals surface area contributed by atoms with E-state index in [1.54, 1.807) is 12.1 Å². The third-order valence-corrected chi connectivity index (χ3v) is 2.26. The Morgan fingerprint density at radius 3 is 2.93 bits per heavy atom. The number of carbonyl (C=O) groups is 1. The molecule has 0 aliphatic carbocycles. The Hall–Kier alpha value is -1.05. The van der Waals surface area contributed by atoms with Crippen LogP contribution in [0.4, 0.5) is 5.82 Å². The van der Waals surface area contributed by atoms with Gasteiger partial charge in [0, 0.05) is 6.20 Å². The summed E-state index contributed by atoms with van der Waals surface area (Å²) in [5.41, 5.74) is 0. The first-order chi connectivity index (χ1) is 6.63. The van der Waals surface area contributed by atoms with Gasteiger partial charge in [-0.05, 0) is 12.1 Å². The molecule has 1 amide bonds. The zero-order valence-electron chi connectivity index (χ0n) is 7.00. The van der Waals surface area contributed by atoms with Crippen molar-refractivity contribution in [1.29, 1.82) is 0 Å². The van der Waals surface area contributed by atoms with Gasteiger partial charge in [0.05, 0.1) is 5.02 Å². The molecule has 0 aliphatic rings. The highest BCUT2D eigenvalue weighted by atomic mass is 79.9. The molecule has 3 nitrogen and oxygen atoms in total. The van der Waals surface area contributed by atoms with E-state index in [1.807, 2.05) is 0 Å². The van der Waals surface area contributed by atoms with Crippen LogP contribution < -0.4 is 5.32 Å². The molecule has 0 saturated carbocycles. The lowest BCUT2D eigenvalue weighted by molar-refractivity contribution is -0.114. The Labute approximate surface area is 95.0 Å². The average Bonchev–Trinajstić information content (AvgIpc) is 2.20. The maximum absolute atomic E-state index is 11.3. The van der Waals surface area contributed by atoms with Crippen molar-refractivity contribution in [2.75, 3.05) is 5.32 Å². The maximum Gasteiger partial charge on any atom is 0.251 e. The van der Waals surface area contributed by atoms with Crippen LogP contribution in [0.5, 0.6) is 0 Å². The van der Waals surface area contributed by atoms with Crippen LogP contribution in [0, 0.1) is 12.3 Å². The molecule has 0 radical (unpaired) electrons. The lowest BCUT2D eigenvalue weighted by Gasteiger charge is -2.04. The molecule has 0 fully saturated rings. The highest BCUT2D eigenvalue weighted by Gasteiger charge is 2.11. The normalized spacial score (nSPS) is 11.5. The first-order valence-corrected chi connectivity index (χ1v) is 4.95. The van der Waals surface area contributed by atoms with Crippen LogP contribution in [-0.2, 0) is 4.79 Å². The highest BCUT2D eigenvalue weighted by Crippen LogP contribution is 2.10. The van der Waals surface area contributed by atoms with E-state index in [0.29, 0.717) is 10.8 Å². The van der Waals surface area contributed by atoms with Crippen LogP contribution in [0.25, 0.3) is 0 Å². The van der Waals surface area contributed by atoms with Gasteiger partial charge in [0.2, 0.25) is 0 Å². The van der Waals surface area contributed by atoms with Gasteiger partial charge in [0.25, 0.3) is 5.91 Å². The zero-order valence-corrected chi connectivity index (χ0v) is 9.34. The number of hydrogen-bond donors (Lipinski definition) is 1. The number of nitrogens with one attached hydrogen (secondary N) is 1. The summed E-state index contributed by atoms with van der Waals surface area (Å²) in [5, 5.41) is 3.03. The van der Waals surface area contributed by atoms with Crippen LogP contribution in [0.1, 0.15) is 0 Å². The predicted molar refractivity (Wildman–Crippen MR) is 59.4 cm³/mol. The number of terminal acetylenes is 1. The molecule has 72 valence electrons. The Bertz CT molecular complexity index is 371. The minimum atomic E-state index is -0.653. The summed E-state index contributed by atoms with van der Waals surface area (Å²) in [5.74, 6) is 2.33. The fraction of sp³-hybridized carbons (Fsp3) is 0.111. The summed E-state index contributed by atoms with van der Waals surface area (Å²) < 4.78 is 0. The minimum Gasteiger partial charge on any atom is -0.309 e. The largest absolute Gasteiger partial charge is 0.309 e. The van der Waals surface area contributed by atoms with Crippen LogP contribution in [0.15, 0.2) is 18.3 Å². The number of halogens is 2. The monoisotopic (exact) mass is 272 g/mol. The molecule has 1 N–H and O–H groups in total. The van der Waals surface area contributed by atoms with Crippen LogP contribution in [0.3, 0.4) is 0 Å². The number of anilines is 1. The zero-order chi connectivity index (χ0) is 10.6. The SMILES string of the molecule is C#C[C@@H](Br)C(=O)Nc1ccc(Cl)cn1. The summed E-state index contributed by atoms with van der Waals surface area (Å²) in [6.45, 7) is 0. The smallest absolute Gasteiger partial charge is 0.251 e. The van der Waals surface area contributed by atoms with Crippen molar-refractivity contribution in [2.24, 2.45) is 0 Å². The molecule has 1 rings (SSSR count). The molecule has 5 heteroatoms. The van der Waals surface area contributed by atoms with E-state index in [4.69, 9.17) is 18.0 Å². The van der Waals surface area contributed by atoms with Crippen molar-refractivity contribution in [3.05, 3.63) is 23.4 Å². The van der Waals surface area contributed by atoms with E-state index < -0.39 is 4.83 Å². The van der Waals surface area contributed by atoms with E-state index in [2.05, 4.69) is 32.2 Å². The van der Waals surface area contributed by atoms with Crippen molar-refractivity contribution >= 4 is 39.3 Å². The molecule has 1 aromatic rings. The van der Waals surface area contributed by atoms with Gasteiger partial charge in [0.1, 0.15) is 5.82 Å². The summed E-state index contributed by atoms with van der Waals surface area (Å²) in [6.07, 6.45) is 6.49. The van der Waals surface area contributed by atoms with E-state index in [1.165, 1.54) is 6.20 Å². The number of alkyl halides is 1. The first kappa shape index (κ1) is 11.0. The van der Waals surface area contributed by atoms with Gasteiger partial charge in [-0.1, -0.05) is 33.5 Å². The number of carbonyl (C=O) groups excluding carboxylic acids is 1. The molecule has 14 heavy (non-hydrogen) atoms. The van der Waals surface area contributed by atoms with E-state index in [9.17, 15) is 4.79 Å². The number of aromatic nitrogens is 1. The third-order valence-electron chi connectivity index (χ3n) is 1.36. The summed E-state index contributed by atoms with van der Waals surface area (Å²) >= 11 is 8.63. The number of pyridine rings is 1. The number of amides is 1. The Balaban J connectivity index is 2.66. The first-order valence-electron chi connectivity index (χ1n) is 3.66. The molecule has 1 atom stereocenters. The van der Waals surface area contributed by atoms with Gasteiger partial charge in [-0.15, -0.1) is 6.42 Å². The van der Waals surface area contributed by atoms with E-state index in [-0.39, 0.29) is 5.91 Å². The second-order valence-corrected chi connectivity index (χ2v) is 3.73. The molecule has 0 bridgehead atoms. The average molecular weight is 274 g/mol. The quantitative estimate of drug-likeness (QED) is 0.662. The molecular weight excluding hydrogens is 267 g/mol. The fourth-order valence-corrected chi connectivity index (χ4v) is 0.941. The van der Waals surface area contributed by atoms with Crippen molar-refractivity contribution in [1.82, 2.24) is 4.98 Å². The number of rotatable bonds is 2. The van der Waals surface area contributed by atoms with E-state index in [0.717, 1.165) is 0 Å². The van der Waals surface area contributed by atoms with E-state index >= 15 is 0 Å². The third kappa shape index (κ3) is 3.02. The van der Waals surface area contributed by atoms with Crippen molar-refractivity contribution in [3.63, 3.8) is 0 Å². The maximum atomic E-state index is 11.3. The second-order valence-electron chi connectivity index (χ2n) is 2.38. The second kappa shape index (κ2) is 4.99. The Morgan fingerprint density at radius 2 is 2.43 bits per heavy atom. The molecule has 1 aromatic heterocycles. The summed E-state index contributed by atoms with van der Waals surface area (Å²) in [6, 6.07) is 3.22. The molecule has 0 aromatic carbocycles. The molecule has 1 heterocycles. The topological polar surface area (TPSA) is 42.0 Å². The lowest BCUT2D eigenvalue weighted by atomic mass is 10.4. The molecule has 0 aliphatic heterocycles. The van der Waals surface area contributed by atoms with Crippen LogP contribution in [0.2, 0.25) is 5.02 Å². The Kier molecular flexibility index (Phi) is 3.93. The van der Waals surface area contributed by atoms with Crippen LogP contribution >= 0.6 is 27.5 Å². The van der Waals surface area contributed by atoms with Gasteiger partial charge < -0.3 is 5.32 Å². The molecule has 0 unspecified atom stereocenters. The molecular formula is C9H6BrClN2O. The van der Waals surface area contributed by atoms with Crippen molar-refractivity contribution < 1.29 is 4.79 Å². The summed E-state index contributed by atoms with van der Waals surface area (Å²) in [7, 11) is 0.